The fourth-order valence-corrected chi connectivity index (χ4v) is 3.03. The van der Waals surface area contributed by atoms with Crippen LogP contribution in [0, 0.1) is 6.92 Å². The minimum Gasteiger partial charge on any atom is -0.453 e. The Morgan fingerprint density at radius 2 is 1.93 bits per heavy atom. The highest BCUT2D eigenvalue weighted by atomic mass is 32.2. The van der Waals surface area contributed by atoms with E-state index in [9.17, 15) is 4.79 Å². The third-order valence-electron chi connectivity index (χ3n) is 4.06. The maximum Gasteiger partial charge on any atom is 0.257 e. The first-order valence-corrected chi connectivity index (χ1v) is 9.63. The number of ether oxygens (including phenoxy) is 1. The summed E-state index contributed by atoms with van der Waals surface area (Å²) in [5.74, 6) is 1.07. The predicted molar refractivity (Wildman–Crippen MR) is 111 cm³/mol. The van der Waals surface area contributed by atoms with E-state index in [4.69, 9.17) is 13.5 Å². The van der Waals surface area contributed by atoms with Crippen LogP contribution < -0.4 is 10.1 Å². The number of fused-ring (bicyclic) bond motifs is 1. The lowest BCUT2D eigenvalue weighted by Gasteiger charge is -2.09. The SMILES string of the molecule is COOSc1ccc(Oc2cc(C(=O)Nc3ccc(C)cn3)cc3ncoc23)cc1. The van der Waals surface area contributed by atoms with Gasteiger partial charge in [0.15, 0.2) is 17.7 Å². The number of anilines is 1. The van der Waals surface area contributed by atoms with Gasteiger partial charge in [0.1, 0.15) is 17.1 Å². The highest BCUT2D eigenvalue weighted by Crippen LogP contribution is 2.32. The Morgan fingerprint density at radius 3 is 2.67 bits per heavy atom. The number of carbonyl (C=O) groups excluding carboxylic acids is 1. The molecule has 9 heteroatoms. The van der Waals surface area contributed by atoms with Crippen molar-refractivity contribution in [3.05, 3.63) is 72.2 Å². The van der Waals surface area contributed by atoms with E-state index in [1.165, 1.54) is 13.5 Å². The molecule has 0 atom stereocenters. The van der Waals surface area contributed by atoms with Crippen molar-refractivity contribution in [2.24, 2.45) is 0 Å². The van der Waals surface area contributed by atoms with Gasteiger partial charge in [0.2, 0.25) is 0 Å². The summed E-state index contributed by atoms with van der Waals surface area (Å²) in [6.45, 7) is 1.93. The van der Waals surface area contributed by atoms with Crippen LogP contribution in [0.1, 0.15) is 15.9 Å². The number of pyridine rings is 1. The summed E-state index contributed by atoms with van der Waals surface area (Å²) in [5, 5.41) is 2.77. The third-order valence-corrected chi connectivity index (χ3v) is 4.73. The Labute approximate surface area is 176 Å². The predicted octanol–water partition coefficient (Wildman–Crippen LogP) is 5.16. The van der Waals surface area contributed by atoms with Crippen LogP contribution in [0.4, 0.5) is 5.82 Å². The lowest BCUT2D eigenvalue weighted by Crippen LogP contribution is -2.13. The van der Waals surface area contributed by atoms with Crippen LogP contribution in [0.3, 0.4) is 0 Å². The van der Waals surface area contributed by atoms with Gasteiger partial charge < -0.3 is 14.5 Å². The number of nitrogens with zero attached hydrogens (tertiary/aromatic N) is 2. The fourth-order valence-electron chi connectivity index (χ4n) is 2.64. The standard InChI is InChI=1S/C21H17N3O5S/c1-13-3-8-19(22-11-13)24-21(25)14-9-17-20(27-12-23-17)18(10-14)28-15-4-6-16(7-5-15)30-29-26-2/h3-12H,1-2H3,(H,22,24,25). The maximum absolute atomic E-state index is 12.7. The molecule has 0 radical (unpaired) electrons. The van der Waals surface area contributed by atoms with Crippen molar-refractivity contribution in [3.8, 4) is 11.5 Å². The molecule has 4 aromatic rings. The van der Waals surface area contributed by atoms with Crippen LogP contribution >= 0.6 is 12.0 Å². The smallest absolute Gasteiger partial charge is 0.257 e. The molecule has 0 saturated heterocycles. The number of oxazole rings is 1. The molecule has 0 fully saturated rings. The second-order valence-corrected chi connectivity index (χ2v) is 7.02. The largest absolute Gasteiger partial charge is 0.453 e. The van der Waals surface area contributed by atoms with Gasteiger partial charge in [-0.25, -0.2) is 14.9 Å². The first kappa shape index (κ1) is 19.9. The number of rotatable bonds is 7. The average molecular weight is 423 g/mol. The summed E-state index contributed by atoms with van der Waals surface area (Å²) in [6, 6.07) is 14.0. The third kappa shape index (κ3) is 4.60. The van der Waals surface area contributed by atoms with E-state index in [0.29, 0.717) is 34.0 Å². The second-order valence-electron chi connectivity index (χ2n) is 6.24. The molecule has 0 aliphatic carbocycles. The van der Waals surface area contributed by atoms with Gasteiger partial charge in [-0.2, -0.15) is 4.33 Å². The van der Waals surface area contributed by atoms with E-state index >= 15 is 0 Å². The average Bonchev–Trinajstić information content (AvgIpc) is 3.24. The lowest BCUT2D eigenvalue weighted by molar-refractivity contribution is -0.160. The van der Waals surface area contributed by atoms with Gasteiger partial charge in [0.25, 0.3) is 5.91 Å². The Kier molecular flexibility index (Phi) is 5.94. The van der Waals surface area contributed by atoms with Crippen molar-refractivity contribution in [1.29, 1.82) is 0 Å². The molecule has 0 aliphatic rings. The summed E-state index contributed by atoms with van der Waals surface area (Å²) in [5.41, 5.74) is 2.33. The molecule has 0 bridgehead atoms. The van der Waals surface area contributed by atoms with Gasteiger partial charge in [0.05, 0.1) is 19.2 Å². The van der Waals surface area contributed by atoms with E-state index in [0.717, 1.165) is 22.5 Å². The molecule has 152 valence electrons. The van der Waals surface area contributed by atoms with E-state index in [1.54, 1.807) is 36.5 Å². The fraction of sp³-hybridized carbons (Fsp3) is 0.0952. The minimum absolute atomic E-state index is 0.329. The zero-order valence-corrected chi connectivity index (χ0v) is 16.9. The zero-order chi connectivity index (χ0) is 20.9. The van der Waals surface area contributed by atoms with Crippen LogP contribution in [0.2, 0.25) is 0 Å². The van der Waals surface area contributed by atoms with Gasteiger partial charge in [-0.1, -0.05) is 6.07 Å². The number of aromatic nitrogens is 2. The molecule has 1 amide bonds. The summed E-state index contributed by atoms with van der Waals surface area (Å²) >= 11 is 1.08. The molecule has 2 aromatic heterocycles. The van der Waals surface area contributed by atoms with Crippen LogP contribution in [-0.4, -0.2) is 23.0 Å². The number of aryl methyl sites for hydroxylation is 1. The van der Waals surface area contributed by atoms with Crippen molar-refractivity contribution >= 4 is 34.9 Å². The number of nitrogens with one attached hydrogen (secondary N) is 1. The molecular weight excluding hydrogens is 406 g/mol. The van der Waals surface area contributed by atoms with Crippen molar-refractivity contribution < 1.29 is 23.2 Å². The molecule has 0 unspecified atom stereocenters. The van der Waals surface area contributed by atoms with Crippen molar-refractivity contribution in [2.45, 2.75) is 11.8 Å². The number of benzene rings is 2. The van der Waals surface area contributed by atoms with E-state index in [-0.39, 0.29) is 5.91 Å². The van der Waals surface area contributed by atoms with Gasteiger partial charge in [-0.05, 0) is 55.0 Å². The lowest BCUT2D eigenvalue weighted by atomic mass is 10.1. The number of carbonyl (C=O) groups is 1. The topological polar surface area (TPSA) is 95.7 Å². The van der Waals surface area contributed by atoms with Gasteiger partial charge in [-0.15, -0.1) is 0 Å². The first-order chi connectivity index (χ1) is 14.6. The molecule has 4 rings (SSSR count). The van der Waals surface area contributed by atoms with Crippen molar-refractivity contribution in [3.63, 3.8) is 0 Å². The van der Waals surface area contributed by atoms with Crippen LogP contribution in [0.25, 0.3) is 11.1 Å². The highest BCUT2D eigenvalue weighted by Gasteiger charge is 2.16. The Morgan fingerprint density at radius 1 is 1.10 bits per heavy atom. The monoisotopic (exact) mass is 423 g/mol. The zero-order valence-electron chi connectivity index (χ0n) is 16.1. The van der Waals surface area contributed by atoms with E-state index < -0.39 is 0 Å². The van der Waals surface area contributed by atoms with Gasteiger partial charge >= 0.3 is 0 Å². The number of hydrogen-bond donors (Lipinski definition) is 1. The van der Waals surface area contributed by atoms with Crippen LogP contribution in [0.5, 0.6) is 11.5 Å². The van der Waals surface area contributed by atoms with Crippen LogP contribution in [0.15, 0.2) is 70.4 Å². The molecule has 2 aromatic carbocycles. The molecule has 8 nitrogen and oxygen atoms in total. The molecular formula is C21H17N3O5S. The maximum atomic E-state index is 12.7. The Hall–Kier alpha value is -3.40. The van der Waals surface area contributed by atoms with E-state index in [1.807, 2.05) is 25.1 Å². The first-order valence-electron chi connectivity index (χ1n) is 8.89. The number of amides is 1. The quantitative estimate of drug-likeness (QED) is 0.247. The molecule has 0 spiro atoms. The summed E-state index contributed by atoms with van der Waals surface area (Å²) in [4.78, 5) is 26.5. The van der Waals surface area contributed by atoms with Gasteiger partial charge in [-0.3, -0.25) is 4.79 Å². The molecule has 0 saturated carbocycles. The van der Waals surface area contributed by atoms with Crippen LogP contribution in [-0.2, 0) is 9.22 Å². The van der Waals surface area contributed by atoms with Crippen molar-refractivity contribution in [2.75, 3.05) is 12.4 Å². The normalized spacial score (nSPS) is 10.9. The highest BCUT2D eigenvalue weighted by molar-refractivity contribution is 7.94. The summed E-state index contributed by atoms with van der Waals surface area (Å²) in [7, 11) is 1.44. The molecule has 2 heterocycles. The summed E-state index contributed by atoms with van der Waals surface area (Å²) in [6.07, 6.45) is 2.99. The molecule has 30 heavy (non-hydrogen) atoms. The molecule has 1 N–H and O–H groups in total. The second kappa shape index (κ2) is 8.95. The number of hydrogen-bond acceptors (Lipinski definition) is 8. The minimum atomic E-state index is -0.329. The summed E-state index contributed by atoms with van der Waals surface area (Å²) < 4.78 is 16.2. The molecule has 0 aliphatic heterocycles. The Balaban J connectivity index is 1.58. The van der Waals surface area contributed by atoms with Crippen molar-refractivity contribution in [1.82, 2.24) is 9.97 Å². The van der Waals surface area contributed by atoms with E-state index in [2.05, 4.69) is 20.2 Å². The van der Waals surface area contributed by atoms with Gasteiger partial charge in [0, 0.05) is 16.7 Å². The Bertz CT molecular complexity index is 1160.